The van der Waals surface area contributed by atoms with Gasteiger partial charge in [0.25, 0.3) is 5.91 Å². The largest absolute Gasteiger partial charge is 0.491 e. The van der Waals surface area contributed by atoms with Crippen LogP contribution in [0.5, 0.6) is 5.75 Å². The highest BCUT2D eigenvalue weighted by atomic mass is 79.9. The normalized spacial score (nSPS) is 18.3. The molecule has 1 amide bonds. The Kier molecular flexibility index (Phi) is 9.13. The molecule has 3 atom stereocenters. The summed E-state index contributed by atoms with van der Waals surface area (Å²) in [6.07, 6.45) is 7.51. The van der Waals surface area contributed by atoms with Gasteiger partial charge in [0.1, 0.15) is 12.4 Å². The molecule has 0 aliphatic carbocycles. The van der Waals surface area contributed by atoms with Gasteiger partial charge in [-0.25, -0.2) is 9.67 Å². The minimum atomic E-state index is 0.0640. The summed E-state index contributed by atoms with van der Waals surface area (Å²) in [6.45, 7) is 15.9. The van der Waals surface area contributed by atoms with E-state index in [1.165, 1.54) is 11.1 Å². The van der Waals surface area contributed by atoms with E-state index in [1.54, 1.807) is 12.5 Å². The van der Waals surface area contributed by atoms with Crippen LogP contribution in [-0.2, 0) is 13.1 Å². The third kappa shape index (κ3) is 6.60. The van der Waals surface area contributed by atoms with Gasteiger partial charge in [-0.05, 0) is 82.0 Å². The minimum Gasteiger partial charge on any atom is -0.491 e. The van der Waals surface area contributed by atoms with Crippen LogP contribution in [0.1, 0.15) is 65.1 Å². The van der Waals surface area contributed by atoms with Crippen LogP contribution in [-0.4, -0.2) is 72.0 Å². The molecule has 4 aromatic rings. The Hall–Kier alpha value is -3.50. The number of halogens is 1. The van der Waals surface area contributed by atoms with Crippen molar-refractivity contribution in [1.82, 2.24) is 34.3 Å². The van der Waals surface area contributed by atoms with Crippen LogP contribution < -0.4 is 4.74 Å². The van der Waals surface area contributed by atoms with Gasteiger partial charge in [-0.15, -0.1) is 5.10 Å². The zero-order chi connectivity index (χ0) is 30.0. The zero-order valence-electron chi connectivity index (χ0n) is 25.3. The lowest BCUT2D eigenvalue weighted by molar-refractivity contribution is 0.0264. The van der Waals surface area contributed by atoms with Crippen molar-refractivity contribution < 1.29 is 9.53 Å². The number of hydrogen-bond acceptors (Lipinski definition) is 6. The average molecular weight is 635 g/mol. The molecule has 0 saturated carbocycles. The van der Waals surface area contributed by atoms with Gasteiger partial charge in [0.2, 0.25) is 0 Å². The number of carbonyl (C=O) groups is 1. The van der Waals surface area contributed by atoms with Gasteiger partial charge in [0.15, 0.2) is 0 Å². The van der Waals surface area contributed by atoms with Crippen molar-refractivity contribution in [3.8, 4) is 5.75 Å². The highest BCUT2D eigenvalue weighted by Gasteiger charge is 2.33. The van der Waals surface area contributed by atoms with Crippen LogP contribution in [0.4, 0.5) is 0 Å². The highest BCUT2D eigenvalue weighted by Crippen LogP contribution is 2.28. The summed E-state index contributed by atoms with van der Waals surface area (Å²) in [5.74, 6) is 0.907. The molecule has 0 radical (unpaired) electrons. The van der Waals surface area contributed by atoms with Crippen molar-refractivity contribution in [3.05, 3.63) is 93.2 Å². The second-order valence-electron chi connectivity index (χ2n) is 11.5. The Balaban J connectivity index is 1.20. The number of hydrogen-bond donors (Lipinski definition) is 0. The monoisotopic (exact) mass is 633 g/mol. The Labute approximate surface area is 256 Å². The van der Waals surface area contributed by atoms with Gasteiger partial charge in [-0.2, -0.15) is 0 Å². The van der Waals surface area contributed by atoms with Gasteiger partial charge in [-0.1, -0.05) is 33.3 Å². The fourth-order valence-corrected chi connectivity index (χ4v) is 6.08. The van der Waals surface area contributed by atoms with Gasteiger partial charge in [0, 0.05) is 54.1 Å². The number of ether oxygens (including phenoxy) is 1. The number of imidazole rings is 1. The van der Waals surface area contributed by atoms with E-state index in [0.717, 1.165) is 33.6 Å². The maximum Gasteiger partial charge on any atom is 0.253 e. The quantitative estimate of drug-likeness (QED) is 0.239. The summed E-state index contributed by atoms with van der Waals surface area (Å²) < 4.78 is 11.1. The summed E-state index contributed by atoms with van der Waals surface area (Å²) in [6, 6.07) is 10.7. The Morgan fingerprint density at radius 1 is 1.07 bits per heavy atom. The zero-order valence-corrected chi connectivity index (χ0v) is 26.9. The standard InChI is InChI=1S/C32H40BrN7O2/c1-21-13-27(7-8-30(21)33)26(6)40-19-29(35-36-40)18-39-24(4)16-38(17-25(39)5)32(41)28-14-22(2)31(23(3)15-28)42-12-11-37-10-9-34-20-37/h7-10,13-15,19-20,24-26H,11-12,16-18H2,1-6H3/t24-,25+,26-/m0/s1. The Bertz CT molecular complexity index is 1500. The SMILES string of the molecule is Cc1cc([C@H](C)n2cc(CN3[C@H](C)CN(C(=O)c4cc(C)c(OCCn5ccnc5)c(C)c4)C[C@@H]3C)nn2)ccc1Br. The minimum absolute atomic E-state index is 0.0640. The summed E-state index contributed by atoms with van der Waals surface area (Å²) in [5.41, 5.74) is 5.98. The molecular weight excluding hydrogens is 594 g/mol. The number of nitrogens with zero attached hydrogens (tertiary/aromatic N) is 7. The van der Waals surface area contributed by atoms with Crippen LogP contribution in [0.2, 0.25) is 0 Å². The van der Waals surface area contributed by atoms with Crippen LogP contribution in [0.15, 0.2) is 59.7 Å². The number of piperazine rings is 1. The number of benzene rings is 2. The molecule has 1 saturated heterocycles. The molecule has 0 unspecified atom stereocenters. The fourth-order valence-electron chi connectivity index (χ4n) is 5.83. The van der Waals surface area contributed by atoms with Gasteiger partial charge < -0.3 is 14.2 Å². The number of carbonyl (C=O) groups excluding carboxylic acids is 1. The lowest BCUT2D eigenvalue weighted by Gasteiger charge is -2.44. The molecule has 42 heavy (non-hydrogen) atoms. The molecule has 1 aliphatic rings. The molecule has 2 aromatic carbocycles. The first-order valence-corrected chi connectivity index (χ1v) is 15.3. The molecule has 222 valence electrons. The van der Waals surface area contributed by atoms with Crippen molar-refractivity contribution in [3.63, 3.8) is 0 Å². The van der Waals surface area contributed by atoms with Crippen LogP contribution >= 0.6 is 15.9 Å². The molecule has 0 spiro atoms. The van der Waals surface area contributed by atoms with E-state index >= 15 is 0 Å². The number of rotatable bonds is 9. The van der Waals surface area contributed by atoms with Gasteiger partial charge >= 0.3 is 0 Å². The summed E-state index contributed by atoms with van der Waals surface area (Å²) in [7, 11) is 0. The molecule has 1 fully saturated rings. The highest BCUT2D eigenvalue weighted by molar-refractivity contribution is 9.10. The van der Waals surface area contributed by atoms with Crippen LogP contribution in [0.3, 0.4) is 0 Å². The van der Waals surface area contributed by atoms with E-state index in [9.17, 15) is 4.79 Å². The summed E-state index contributed by atoms with van der Waals surface area (Å²) >= 11 is 3.58. The number of aromatic nitrogens is 5. The predicted molar refractivity (Wildman–Crippen MR) is 167 cm³/mol. The second-order valence-corrected chi connectivity index (χ2v) is 12.4. The number of aryl methyl sites for hydroxylation is 3. The van der Waals surface area contributed by atoms with Crippen molar-refractivity contribution in [2.45, 2.75) is 72.8 Å². The lowest BCUT2D eigenvalue weighted by Crippen LogP contribution is -2.57. The maximum atomic E-state index is 13.6. The first-order valence-electron chi connectivity index (χ1n) is 14.5. The number of amides is 1. The predicted octanol–water partition coefficient (Wildman–Crippen LogP) is 5.59. The average Bonchev–Trinajstić information content (AvgIpc) is 3.65. The van der Waals surface area contributed by atoms with E-state index in [0.29, 0.717) is 31.8 Å². The molecule has 3 heterocycles. The second kappa shape index (κ2) is 12.8. The molecule has 1 aliphatic heterocycles. The molecule has 2 aromatic heterocycles. The lowest BCUT2D eigenvalue weighted by atomic mass is 10.0. The molecule has 0 bridgehead atoms. The third-order valence-electron chi connectivity index (χ3n) is 8.21. The first kappa shape index (κ1) is 30.0. The van der Waals surface area contributed by atoms with Crippen LogP contribution in [0.25, 0.3) is 0 Å². The maximum absolute atomic E-state index is 13.6. The molecule has 0 N–H and O–H groups in total. The fraction of sp³-hybridized carbons (Fsp3) is 0.438. The van der Waals surface area contributed by atoms with E-state index in [-0.39, 0.29) is 24.0 Å². The Morgan fingerprint density at radius 2 is 1.79 bits per heavy atom. The van der Waals surface area contributed by atoms with Gasteiger partial charge in [0.05, 0.1) is 30.8 Å². The Morgan fingerprint density at radius 3 is 2.43 bits per heavy atom. The smallest absolute Gasteiger partial charge is 0.253 e. The summed E-state index contributed by atoms with van der Waals surface area (Å²) in [4.78, 5) is 22.1. The van der Waals surface area contributed by atoms with E-state index < -0.39 is 0 Å². The van der Waals surface area contributed by atoms with Crippen LogP contribution in [0, 0.1) is 20.8 Å². The molecule has 9 nitrogen and oxygen atoms in total. The van der Waals surface area contributed by atoms with Crippen molar-refractivity contribution in [1.29, 1.82) is 0 Å². The molecular formula is C32H40BrN7O2. The topological polar surface area (TPSA) is 81.3 Å². The van der Waals surface area contributed by atoms with E-state index in [1.807, 2.05) is 52.5 Å². The molecule has 5 rings (SSSR count). The first-order chi connectivity index (χ1) is 20.1. The van der Waals surface area contributed by atoms with E-state index in [2.05, 4.69) is 82.0 Å². The van der Waals surface area contributed by atoms with Crippen molar-refractivity contribution in [2.75, 3.05) is 19.7 Å². The van der Waals surface area contributed by atoms with Crippen molar-refractivity contribution >= 4 is 21.8 Å². The van der Waals surface area contributed by atoms with E-state index in [4.69, 9.17) is 4.74 Å². The third-order valence-corrected chi connectivity index (χ3v) is 9.10. The summed E-state index contributed by atoms with van der Waals surface area (Å²) in [5, 5.41) is 8.94. The van der Waals surface area contributed by atoms with Crippen molar-refractivity contribution in [2.24, 2.45) is 0 Å². The van der Waals surface area contributed by atoms with Gasteiger partial charge in [-0.3, -0.25) is 9.69 Å². The molecule has 10 heteroatoms.